The Kier molecular flexibility index (Phi) is 4.82. The molecule has 0 bridgehead atoms. The van der Waals surface area contributed by atoms with Gasteiger partial charge in [-0.05, 0) is 25.0 Å². The van der Waals surface area contributed by atoms with Crippen LogP contribution in [-0.4, -0.2) is 6.21 Å². The summed E-state index contributed by atoms with van der Waals surface area (Å²) in [5, 5.41) is 3.44. The van der Waals surface area contributed by atoms with E-state index in [1.807, 2.05) is 26.0 Å². The first-order valence-corrected chi connectivity index (χ1v) is 3.48. The second kappa shape index (κ2) is 5.47. The molecular weight excluding hydrogens is 136 g/mol. The SMILES string of the molecule is C=CC(=C/C)/C(/C=N\N)=C\C. The fourth-order valence-electron chi connectivity index (χ4n) is 0.798. The molecule has 0 atom stereocenters. The molecule has 0 amide bonds. The maximum Gasteiger partial charge on any atom is 0.0540 e. The fourth-order valence-corrected chi connectivity index (χ4v) is 0.798. The molecule has 0 radical (unpaired) electrons. The van der Waals surface area contributed by atoms with Gasteiger partial charge in [-0.15, -0.1) is 0 Å². The van der Waals surface area contributed by atoms with Crippen molar-refractivity contribution in [2.24, 2.45) is 10.9 Å². The minimum atomic E-state index is 0.991. The van der Waals surface area contributed by atoms with Gasteiger partial charge in [-0.2, -0.15) is 5.10 Å². The lowest BCUT2D eigenvalue weighted by Crippen LogP contribution is -1.90. The van der Waals surface area contributed by atoms with Crippen molar-refractivity contribution in [2.75, 3.05) is 0 Å². The Hall–Kier alpha value is -1.31. The molecule has 0 aromatic carbocycles. The Balaban J connectivity index is 4.64. The van der Waals surface area contributed by atoms with Crippen LogP contribution in [0.4, 0.5) is 0 Å². The standard InChI is InChI=1S/C9H14N2/c1-4-8(5-2)9(6-3)7-11-10/h4-7H,1,10H2,2-3H3/b8-5-,9-6-,11-7-. The number of hydrazone groups is 1. The largest absolute Gasteiger partial charge is 0.323 e. The predicted octanol–water partition coefficient (Wildman–Crippen LogP) is 2.01. The summed E-state index contributed by atoms with van der Waals surface area (Å²) in [5.74, 6) is 5.02. The molecular formula is C9H14N2. The van der Waals surface area contributed by atoms with Crippen LogP contribution in [0.5, 0.6) is 0 Å². The van der Waals surface area contributed by atoms with Crippen LogP contribution in [0.15, 0.2) is 41.1 Å². The summed E-state index contributed by atoms with van der Waals surface area (Å²) >= 11 is 0. The van der Waals surface area contributed by atoms with Crippen LogP contribution in [0.3, 0.4) is 0 Å². The topological polar surface area (TPSA) is 38.4 Å². The van der Waals surface area contributed by atoms with E-state index >= 15 is 0 Å². The Labute approximate surface area is 67.8 Å². The van der Waals surface area contributed by atoms with E-state index in [1.54, 1.807) is 12.3 Å². The van der Waals surface area contributed by atoms with E-state index < -0.39 is 0 Å². The molecule has 0 unspecified atom stereocenters. The van der Waals surface area contributed by atoms with E-state index in [0.29, 0.717) is 0 Å². The first-order valence-electron chi connectivity index (χ1n) is 3.48. The van der Waals surface area contributed by atoms with Crippen LogP contribution in [0.2, 0.25) is 0 Å². The maximum atomic E-state index is 5.02. The number of nitrogens with two attached hydrogens (primary N) is 1. The molecule has 0 heterocycles. The molecule has 0 spiro atoms. The third-order valence-corrected chi connectivity index (χ3v) is 1.39. The van der Waals surface area contributed by atoms with E-state index in [4.69, 9.17) is 5.84 Å². The van der Waals surface area contributed by atoms with Gasteiger partial charge in [0, 0.05) is 0 Å². The smallest absolute Gasteiger partial charge is 0.0540 e. The second-order valence-electron chi connectivity index (χ2n) is 1.97. The second-order valence-corrected chi connectivity index (χ2v) is 1.97. The Morgan fingerprint density at radius 1 is 1.27 bits per heavy atom. The minimum Gasteiger partial charge on any atom is -0.323 e. The zero-order valence-electron chi connectivity index (χ0n) is 7.04. The fraction of sp³-hybridized carbons (Fsp3) is 0.222. The number of hydrogen-bond donors (Lipinski definition) is 1. The molecule has 60 valence electrons. The van der Waals surface area contributed by atoms with Gasteiger partial charge in [0.15, 0.2) is 0 Å². The molecule has 2 heteroatoms. The lowest BCUT2D eigenvalue weighted by Gasteiger charge is -1.98. The Morgan fingerprint density at radius 2 is 1.82 bits per heavy atom. The van der Waals surface area contributed by atoms with Crippen molar-refractivity contribution in [1.82, 2.24) is 0 Å². The van der Waals surface area contributed by atoms with Crippen molar-refractivity contribution < 1.29 is 0 Å². The average molecular weight is 150 g/mol. The van der Waals surface area contributed by atoms with Crippen molar-refractivity contribution in [3.8, 4) is 0 Å². The number of allylic oxidation sites excluding steroid dienone is 5. The van der Waals surface area contributed by atoms with E-state index in [1.165, 1.54) is 0 Å². The molecule has 2 N–H and O–H groups in total. The van der Waals surface area contributed by atoms with Gasteiger partial charge in [0.25, 0.3) is 0 Å². The van der Waals surface area contributed by atoms with Gasteiger partial charge in [-0.3, -0.25) is 0 Å². The van der Waals surface area contributed by atoms with Gasteiger partial charge < -0.3 is 5.84 Å². The normalized spacial score (nSPS) is 14.0. The van der Waals surface area contributed by atoms with Crippen LogP contribution in [0, 0.1) is 0 Å². The monoisotopic (exact) mass is 150 g/mol. The van der Waals surface area contributed by atoms with Crippen LogP contribution < -0.4 is 5.84 Å². The molecule has 0 aromatic rings. The average Bonchev–Trinajstić information content (AvgIpc) is 2.05. The molecule has 0 aliphatic rings. The zero-order chi connectivity index (χ0) is 8.69. The highest BCUT2D eigenvalue weighted by molar-refractivity contribution is 5.85. The van der Waals surface area contributed by atoms with Gasteiger partial charge in [0.1, 0.15) is 0 Å². The van der Waals surface area contributed by atoms with Gasteiger partial charge >= 0.3 is 0 Å². The predicted molar refractivity (Wildman–Crippen MR) is 50.4 cm³/mol. The quantitative estimate of drug-likeness (QED) is 0.284. The van der Waals surface area contributed by atoms with Crippen molar-refractivity contribution in [1.29, 1.82) is 0 Å². The van der Waals surface area contributed by atoms with Crippen LogP contribution >= 0.6 is 0 Å². The zero-order valence-corrected chi connectivity index (χ0v) is 7.04. The van der Waals surface area contributed by atoms with E-state index in [0.717, 1.165) is 11.1 Å². The first-order chi connectivity index (χ1) is 5.29. The molecule has 0 aliphatic carbocycles. The van der Waals surface area contributed by atoms with Crippen LogP contribution in [0.1, 0.15) is 13.8 Å². The highest BCUT2D eigenvalue weighted by Gasteiger charge is 1.93. The highest BCUT2D eigenvalue weighted by atomic mass is 15.1. The highest BCUT2D eigenvalue weighted by Crippen LogP contribution is 2.07. The summed E-state index contributed by atoms with van der Waals surface area (Å²) in [6.45, 7) is 7.56. The number of rotatable bonds is 3. The lowest BCUT2D eigenvalue weighted by atomic mass is 10.1. The van der Waals surface area contributed by atoms with Crippen molar-refractivity contribution in [3.05, 3.63) is 36.0 Å². The summed E-state index contributed by atoms with van der Waals surface area (Å²) in [7, 11) is 0. The molecule has 2 nitrogen and oxygen atoms in total. The molecule has 0 saturated carbocycles. The van der Waals surface area contributed by atoms with Gasteiger partial charge in [-0.1, -0.05) is 24.8 Å². The van der Waals surface area contributed by atoms with Crippen molar-refractivity contribution >= 4 is 6.21 Å². The number of nitrogens with zero attached hydrogens (tertiary/aromatic N) is 1. The summed E-state index contributed by atoms with van der Waals surface area (Å²) in [6, 6.07) is 0. The third kappa shape index (κ3) is 2.85. The molecule has 11 heavy (non-hydrogen) atoms. The van der Waals surface area contributed by atoms with Crippen LogP contribution in [-0.2, 0) is 0 Å². The lowest BCUT2D eigenvalue weighted by molar-refractivity contribution is 1.26. The van der Waals surface area contributed by atoms with Crippen LogP contribution in [0.25, 0.3) is 0 Å². The third-order valence-electron chi connectivity index (χ3n) is 1.39. The van der Waals surface area contributed by atoms with Crippen molar-refractivity contribution in [2.45, 2.75) is 13.8 Å². The van der Waals surface area contributed by atoms with E-state index in [9.17, 15) is 0 Å². The molecule has 0 fully saturated rings. The molecule has 0 saturated heterocycles. The van der Waals surface area contributed by atoms with Gasteiger partial charge in [-0.25, -0.2) is 0 Å². The summed E-state index contributed by atoms with van der Waals surface area (Å²) in [6.07, 6.45) is 7.28. The van der Waals surface area contributed by atoms with E-state index in [-0.39, 0.29) is 0 Å². The summed E-state index contributed by atoms with van der Waals surface area (Å²) in [5.41, 5.74) is 2.03. The van der Waals surface area contributed by atoms with Gasteiger partial charge in [0.05, 0.1) is 6.21 Å². The summed E-state index contributed by atoms with van der Waals surface area (Å²) in [4.78, 5) is 0. The molecule has 0 aliphatic heterocycles. The van der Waals surface area contributed by atoms with E-state index in [2.05, 4.69) is 11.7 Å². The van der Waals surface area contributed by atoms with Gasteiger partial charge in [0.2, 0.25) is 0 Å². The molecule has 0 rings (SSSR count). The Morgan fingerprint density at radius 3 is 2.09 bits per heavy atom. The maximum absolute atomic E-state index is 5.02. The Bertz CT molecular complexity index is 210. The van der Waals surface area contributed by atoms with Crippen molar-refractivity contribution in [3.63, 3.8) is 0 Å². The minimum absolute atomic E-state index is 0.991. The first kappa shape index (κ1) is 9.69. The number of hydrogen-bond acceptors (Lipinski definition) is 2. The molecule has 0 aromatic heterocycles. The summed E-state index contributed by atoms with van der Waals surface area (Å²) < 4.78 is 0.